The molecule has 0 aromatic carbocycles. The van der Waals surface area contributed by atoms with E-state index in [1.807, 2.05) is 11.5 Å². The van der Waals surface area contributed by atoms with Crippen LogP contribution in [0, 0.1) is 0 Å². The molecule has 2 heterocycles. The highest BCUT2D eigenvalue weighted by molar-refractivity contribution is 7.82. The van der Waals surface area contributed by atoms with Gasteiger partial charge in [0.25, 0.3) is 0 Å². The maximum Gasteiger partial charge on any atom is 0.408 e. The lowest BCUT2D eigenvalue weighted by atomic mass is 10.1. The Hall–Kier alpha value is -0.833. The summed E-state index contributed by atoms with van der Waals surface area (Å²) in [5.74, 6) is 0. The van der Waals surface area contributed by atoms with Crippen LogP contribution in [-0.2, 0) is 4.43 Å². The van der Waals surface area contributed by atoms with E-state index < -0.39 is 14.4 Å². The van der Waals surface area contributed by atoms with Crippen molar-refractivity contribution in [2.75, 3.05) is 13.2 Å². The summed E-state index contributed by atoms with van der Waals surface area (Å²) in [6.45, 7) is 11.6. The van der Waals surface area contributed by atoms with Gasteiger partial charge in [-0.25, -0.2) is 9.78 Å². The number of thiol groups is 1. The number of hydrogen-bond acceptors (Lipinski definition) is 5. The molecule has 1 atom stereocenters. The number of rotatable bonds is 4. The van der Waals surface area contributed by atoms with E-state index >= 15 is 0 Å². The summed E-state index contributed by atoms with van der Waals surface area (Å²) in [4.78, 5) is 17.3. The van der Waals surface area contributed by atoms with Crippen LogP contribution in [0.1, 0.15) is 26.5 Å². The predicted octanol–water partition coefficient (Wildman–Crippen LogP) is 4.20. The third-order valence-corrected chi connectivity index (χ3v) is 10.2. The van der Waals surface area contributed by atoms with Gasteiger partial charge in [0.2, 0.25) is 0 Å². The lowest BCUT2D eigenvalue weighted by molar-refractivity contribution is 0.128. The van der Waals surface area contributed by atoms with Crippen molar-refractivity contribution >= 4 is 43.9 Å². The van der Waals surface area contributed by atoms with Crippen molar-refractivity contribution in [1.29, 1.82) is 0 Å². The van der Waals surface area contributed by atoms with Crippen molar-refractivity contribution in [2.24, 2.45) is 0 Å². The van der Waals surface area contributed by atoms with Crippen molar-refractivity contribution in [3.8, 4) is 0 Å². The molecule has 2 rings (SSSR count). The number of hydrogen-bond donors (Lipinski definition) is 2. The normalized spacial score (nSPS) is 19.1. The number of carboxylic acid groups (broad SMARTS) is 1. The molecule has 8 heteroatoms. The average molecular weight is 373 g/mol. The molecule has 1 amide bonds. The van der Waals surface area contributed by atoms with Crippen LogP contribution >= 0.6 is 24.0 Å². The zero-order valence-electron chi connectivity index (χ0n) is 14.2. The van der Waals surface area contributed by atoms with Gasteiger partial charge in [0.1, 0.15) is 4.34 Å². The van der Waals surface area contributed by atoms with Crippen molar-refractivity contribution in [2.45, 2.75) is 49.3 Å². The molecule has 1 aromatic heterocycles. The number of thiazole rings is 1. The molecule has 0 fully saturated rings. The molecule has 5 nitrogen and oxygen atoms in total. The Morgan fingerprint density at radius 1 is 1.57 bits per heavy atom. The standard InChI is InChI=1S/C15H24N2O3S2Si/c1-15(2,3)23(4,5)20-8-12-10(6-7-17(12)14(18)19)11-9-22-13(21)16-11/h6,9,12H,7-8H2,1-5H3,(H,16,21)(H,18,19)/t12-/m0/s1. The Kier molecular flexibility index (Phi) is 5.30. The van der Waals surface area contributed by atoms with Crippen LogP contribution in [0.2, 0.25) is 18.1 Å². The van der Waals surface area contributed by atoms with Gasteiger partial charge in [0.05, 0.1) is 18.3 Å². The van der Waals surface area contributed by atoms with Crippen LogP contribution in [0.15, 0.2) is 15.8 Å². The molecule has 1 N–H and O–H groups in total. The number of aromatic nitrogens is 1. The van der Waals surface area contributed by atoms with E-state index in [-0.39, 0.29) is 11.1 Å². The zero-order chi connectivity index (χ0) is 17.4. The molecular formula is C15H24N2O3S2Si. The smallest absolute Gasteiger partial charge is 0.408 e. The maximum atomic E-state index is 11.5. The van der Waals surface area contributed by atoms with Crippen LogP contribution in [-0.4, -0.2) is 48.6 Å². The second kappa shape index (κ2) is 6.58. The Labute approximate surface area is 147 Å². The number of carbonyl (C=O) groups is 1. The van der Waals surface area contributed by atoms with Crippen LogP contribution in [0.4, 0.5) is 4.79 Å². The van der Waals surface area contributed by atoms with Crippen molar-refractivity contribution in [3.63, 3.8) is 0 Å². The van der Waals surface area contributed by atoms with E-state index in [0.29, 0.717) is 17.5 Å². The van der Waals surface area contributed by atoms with Crippen molar-refractivity contribution in [1.82, 2.24) is 9.88 Å². The minimum absolute atomic E-state index is 0.0857. The fourth-order valence-corrected chi connectivity index (χ4v) is 4.03. The first-order chi connectivity index (χ1) is 10.5. The largest absolute Gasteiger partial charge is 0.465 e. The van der Waals surface area contributed by atoms with E-state index in [0.717, 1.165) is 11.3 Å². The van der Waals surface area contributed by atoms with Gasteiger partial charge in [-0.05, 0) is 18.1 Å². The first-order valence-corrected chi connectivity index (χ1v) is 11.7. The Balaban J connectivity index is 2.20. The summed E-state index contributed by atoms with van der Waals surface area (Å²) in [5.41, 5.74) is 1.72. The third kappa shape index (κ3) is 3.99. The highest BCUT2D eigenvalue weighted by Crippen LogP contribution is 2.38. The van der Waals surface area contributed by atoms with Gasteiger partial charge in [0.15, 0.2) is 8.32 Å². The monoisotopic (exact) mass is 372 g/mol. The fraction of sp³-hybridized carbons (Fsp3) is 0.600. The Morgan fingerprint density at radius 2 is 2.22 bits per heavy atom. The third-order valence-electron chi connectivity index (χ3n) is 4.68. The SMILES string of the molecule is CC(C)(C)[Si](C)(C)OC[C@H]1C(c2csc(S)n2)=CCN1C(=O)O. The lowest BCUT2D eigenvalue weighted by Crippen LogP contribution is -2.46. The van der Waals surface area contributed by atoms with Gasteiger partial charge in [0, 0.05) is 17.5 Å². The molecule has 1 aliphatic heterocycles. The van der Waals surface area contributed by atoms with Crippen LogP contribution in [0.3, 0.4) is 0 Å². The molecule has 1 aromatic rings. The summed E-state index contributed by atoms with van der Waals surface area (Å²) >= 11 is 5.70. The minimum Gasteiger partial charge on any atom is -0.465 e. The second-order valence-corrected chi connectivity index (χ2v) is 13.6. The van der Waals surface area contributed by atoms with Gasteiger partial charge in [-0.2, -0.15) is 0 Å². The van der Waals surface area contributed by atoms with E-state index in [4.69, 9.17) is 4.43 Å². The Bertz CT molecular complexity index is 622. The molecule has 0 saturated carbocycles. The van der Waals surface area contributed by atoms with Crippen LogP contribution in [0.5, 0.6) is 0 Å². The Morgan fingerprint density at radius 3 is 2.70 bits per heavy atom. The minimum atomic E-state index is -1.94. The second-order valence-electron chi connectivity index (χ2n) is 7.20. The first kappa shape index (κ1) is 18.5. The molecule has 0 bridgehead atoms. The summed E-state index contributed by atoms with van der Waals surface area (Å²) in [7, 11) is -1.94. The number of amides is 1. The average Bonchev–Trinajstić information content (AvgIpc) is 3.00. The van der Waals surface area contributed by atoms with Gasteiger partial charge >= 0.3 is 6.09 Å². The molecule has 23 heavy (non-hydrogen) atoms. The van der Waals surface area contributed by atoms with Crippen molar-refractivity contribution < 1.29 is 14.3 Å². The van der Waals surface area contributed by atoms with Crippen molar-refractivity contribution in [3.05, 3.63) is 17.2 Å². The van der Waals surface area contributed by atoms with Crippen LogP contribution < -0.4 is 0 Å². The maximum absolute atomic E-state index is 11.5. The highest BCUT2D eigenvalue weighted by Gasteiger charge is 2.40. The van der Waals surface area contributed by atoms with Gasteiger partial charge in [-0.1, -0.05) is 26.8 Å². The van der Waals surface area contributed by atoms with Gasteiger partial charge < -0.3 is 9.53 Å². The highest BCUT2D eigenvalue weighted by atomic mass is 32.2. The quantitative estimate of drug-likeness (QED) is 0.614. The van der Waals surface area contributed by atoms with Gasteiger partial charge in [-0.3, -0.25) is 4.90 Å². The molecule has 0 spiro atoms. The first-order valence-electron chi connectivity index (χ1n) is 7.51. The van der Waals surface area contributed by atoms with E-state index in [1.165, 1.54) is 16.2 Å². The molecule has 0 unspecified atom stereocenters. The predicted molar refractivity (Wildman–Crippen MR) is 99.0 cm³/mol. The molecule has 1 aliphatic rings. The topological polar surface area (TPSA) is 62.7 Å². The summed E-state index contributed by atoms with van der Waals surface area (Å²) in [5, 5.41) is 11.5. The number of nitrogens with zero attached hydrogens (tertiary/aromatic N) is 2. The summed E-state index contributed by atoms with van der Waals surface area (Å²) in [6, 6.07) is -0.309. The van der Waals surface area contributed by atoms with E-state index in [2.05, 4.69) is 51.5 Å². The molecular weight excluding hydrogens is 348 g/mol. The van der Waals surface area contributed by atoms with Gasteiger partial charge in [-0.15, -0.1) is 24.0 Å². The molecule has 0 radical (unpaired) electrons. The lowest BCUT2D eigenvalue weighted by Gasteiger charge is -2.38. The summed E-state index contributed by atoms with van der Waals surface area (Å²) in [6.07, 6.45) is 0.997. The summed E-state index contributed by atoms with van der Waals surface area (Å²) < 4.78 is 6.95. The molecule has 0 saturated heterocycles. The molecule has 0 aliphatic carbocycles. The molecule has 128 valence electrons. The van der Waals surface area contributed by atoms with Crippen LogP contribution in [0.25, 0.3) is 5.57 Å². The van der Waals surface area contributed by atoms with E-state index in [9.17, 15) is 9.90 Å². The van der Waals surface area contributed by atoms with E-state index in [1.54, 1.807) is 0 Å². The fourth-order valence-electron chi connectivity index (χ4n) is 2.19. The zero-order valence-corrected chi connectivity index (χ0v) is 16.9.